The first-order valence-corrected chi connectivity index (χ1v) is 5.34. The Hall–Kier alpha value is -1.72. The van der Waals surface area contributed by atoms with E-state index in [0.717, 1.165) is 0 Å². The van der Waals surface area contributed by atoms with Crippen molar-refractivity contribution in [3.8, 4) is 0 Å². The van der Waals surface area contributed by atoms with Crippen LogP contribution in [0.1, 0.15) is 12.8 Å². The Kier molecular flexibility index (Phi) is 4.37. The van der Waals surface area contributed by atoms with Crippen LogP contribution >= 0.6 is 0 Å². The number of esters is 1. The van der Waals surface area contributed by atoms with E-state index in [1.807, 2.05) is 0 Å². The third-order valence-corrected chi connectivity index (χ3v) is 3.15. The van der Waals surface area contributed by atoms with Gasteiger partial charge in [0.2, 0.25) is 6.54 Å². The molecule has 1 saturated carbocycles. The lowest BCUT2D eigenvalue weighted by molar-refractivity contribution is -0.490. The van der Waals surface area contributed by atoms with E-state index in [4.69, 9.17) is 0 Å². The van der Waals surface area contributed by atoms with Crippen LogP contribution in [0.4, 0.5) is 0 Å². The molecular formula is C11H15NO5. The number of hydrogen-bond donors (Lipinski definition) is 0. The molecule has 1 aliphatic rings. The summed E-state index contributed by atoms with van der Waals surface area (Å²) in [5.74, 6) is -2.42. The molecule has 0 amide bonds. The minimum Gasteiger partial charge on any atom is -0.469 e. The van der Waals surface area contributed by atoms with Gasteiger partial charge in [0.05, 0.1) is 13.0 Å². The van der Waals surface area contributed by atoms with Crippen LogP contribution in [-0.2, 0) is 14.3 Å². The lowest BCUT2D eigenvalue weighted by atomic mass is 9.87. The van der Waals surface area contributed by atoms with Crippen LogP contribution in [0.2, 0.25) is 0 Å². The third kappa shape index (κ3) is 2.89. The number of nitro groups is 1. The summed E-state index contributed by atoms with van der Waals surface area (Å²) in [4.78, 5) is 33.3. The summed E-state index contributed by atoms with van der Waals surface area (Å²) in [7, 11) is 1.22. The normalized spacial score (nSPS) is 27.8. The molecule has 0 aromatic heterocycles. The predicted molar refractivity (Wildman–Crippen MR) is 58.8 cm³/mol. The largest absolute Gasteiger partial charge is 0.469 e. The van der Waals surface area contributed by atoms with E-state index in [9.17, 15) is 19.7 Å². The maximum atomic E-state index is 11.7. The van der Waals surface area contributed by atoms with Crippen molar-refractivity contribution >= 4 is 11.8 Å². The summed E-state index contributed by atoms with van der Waals surface area (Å²) in [5, 5.41) is 10.6. The first-order valence-electron chi connectivity index (χ1n) is 5.34. The summed E-state index contributed by atoms with van der Waals surface area (Å²) < 4.78 is 4.58. The van der Waals surface area contributed by atoms with Gasteiger partial charge in [0, 0.05) is 23.2 Å². The molecule has 3 atom stereocenters. The van der Waals surface area contributed by atoms with Gasteiger partial charge in [0.25, 0.3) is 0 Å². The van der Waals surface area contributed by atoms with Gasteiger partial charge in [0.15, 0.2) is 0 Å². The first-order chi connectivity index (χ1) is 8.01. The van der Waals surface area contributed by atoms with Gasteiger partial charge in [-0.05, 0) is 6.42 Å². The first kappa shape index (κ1) is 13.3. The minimum absolute atomic E-state index is 0.0314. The number of methoxy groups -OCH3 is 1. The topological polar surface area (TPSA) is 86.5 Å². The molecule has 0 unspecified atom stereocenters. The number of hydrogen-bond acceptors (Lipinski definition) is 5. The molecule has 17 heavy (non-hydrogen) atoms. The van der Waals surface area contributed by atoms with Crippen molar-refractivity contribution in [3.63, 3.8) is 0 Å². The fourth-order valence-corrected chi connectivity index (χ4v) is 2.36. The van der Waals surface area contributed by atoms with Crippen LogP contribution < -0.4 is 0 Å². The van der Waals surface area contributed by atoms with Crippen molar-refractivity contribution in [2.45, 2.75) is 12.8 Å². The van der Waals surface area contributed by atoms with Crippen molar-refractivity contribution in [1.29, 1.82) is 0 Å². The van der Waals surface area contributed by atoms with Crippen LogP contribution in [-0.4, -0.2) is 30.3 Å². The maximum Gasteiger partial charge on any atom is 0.309 e. The number of nitrogens with zero attached hydrogens (tertiary/aromatic N) is 1. The predicted octanol–water partition coefficient (Wildman–Crippen LogP) is 0.834. The van der Waals surface area contributed by atoms with Gasteiger partial charge in [-0.15, -0.1) is 6.58 Å². The van der Waals surface area contributed by atoms with Gasteiger partial charge in [-0.3, -0.25) is 19.7 Å². The third-order valence-electron chi connectivity index (χ3n) is 3.15. The highest BCUT2D eigenvalue weighted by atomic mass is 16.6. The van der Waals surface area contributed by atoms with E-state index < -0.39 is 28.6 Å². The van der Waals surface area contributed by atoms with Crippen molar-refractivity contribution in [3.05, 3.63) is 22.8 Å². The van der Waals surface area contributed by atoms with E-state index in [0.29, 0.717) is 6.42 Å². The van der Waals surface area contributed by atoms with E-state index in [-0.39, 0.29) is 18.7 Å². The van der Waals surface area contributed by atoms with E-state index >= 15 is 0 Å². The zero-order valence-corrected chi connectivity index (χ0v) is 9.63. The molecule has 0 N–H and O–H groups in total. The molecule has 0 aromatic rings. The molecule has 0 bridgehead atoms. The molecule has 1 fully saturated rings. The molecule has 6 heteroatoms. The quantitative estimate of drug-likeness (QED) is 0.308. The van der Waals surface area contributed by atoms with Crippen LogP contribution in [0.15, 0.2) is 12.7 Å². The number of carbonyl (C=O) groups excluding carboxylic acids is 2. The van der Waals surface area contributed by atoms with Gasteiger partial charge in [-0.1, -0.05) is 6.08 Å². The molecule has 0 aliphatic heterocycles. The zero-order valence-electron chi connectivity index (χ0n) is 9.63. The molecular weight excluding hydrogens is 226 g/mol. The fraction of sp³-hybridized carbons (Fsp3) is 0.636. The SMILES string of the molecule is C=CC[C@H]1C(=O)C[C@@H](C(=O)OC)[C@@H]1C[N+](=O)[O-]. The van der Waals surface area contributed by atoms with E-state index in [1.54, 1.807) is 6.08 Å². The summed E-state index contributed by atoms with van der Waals surface area (Å²) in [6.07, 6.45) is 1.95. The summed E-state index contributed by atoms with van der Waals surface area (Å²) in [5.41, 5.74) is 0. The Morgan fingerprint density at radius 3 is 2.82 bits per heavy atom. The van der Waals surface area contributed by atoms with Crippen molar-refractivity contribution in [1.82, 2.24) is 0 Å². The summed E-state index contributed by atoms with van der Waals surface area (Å²) in [6.45, 7) is 3.14. The van der Waals surface area contributed by atoms with Crippen LogP contribution in [0.25, 0.3) is 0 Å². The molecule has 0 spiro atoms. The van der Waals surface area contributed by atoms with Gasteiger partial charge in [-0.2, -0.15) is 0 Å². The molecule has 94 valence electrons. The van der Waals surface area contributed by atoms with Gasteiger partial charge >= 0.3 is 5.97 Å². The van der Waals surface area contributed by atoms with Crippen molar-refractivity contribution in [2.24, 2.45) is 17.8 Å². The minimum atomic E-state index is -0.692. The lowest BCUT2D eigenvalue weighted by Gasteiger charge is -2.17. The average molecular weight is 241 g/mol. The van der Waals surface area contributed by atoms with Crippen LogP contribution in [0.5, 0.6) is 0 Å². The standard InChI is InChI=1S/C11H15NO5/c1-3-4-7-9(6-12(15)16)8(5-10(7)13)11(14)17-2/h3,7-9H,1,4-6H2,2H3/t7-,8-,9-/m1/s1. The second-order valence-electron chi connectivity index (χ2n) is 4.11. The number of carbonyl (C=O) groups is 2. The Morgan fingerprint density at radius 2 is 2.35 bits per heavy atom. The molecule has 6 nitrogen and oxygen atoms in total. The van der Waals surface area contributed by atoms with Crippen molar-refractivity contribution in [2.75, 3.05) is 13.7 Å². The smallest absolute Gasteiger partial charge is 0.309 e. The number of allylic oxidation sites excluding steroid dienone is 1. The molecule has 0 saturated heterocycles. The van der Waals surface area contributed by atoms with Gasteiger partial charge in [0.1, 0.15) is 5.78 Å². The van der Waals surface area contributed by atoms with E-state index in [1.165, 1.54) is 7.11 Å². The molecule has 0 radical (unpaired) electrons. The number of rotatable bonds is 5. The second kappa shape index (κ2) is 5.56. The Balaban J connectivity index is 2.91. The van der Waals surface area contributed by atoms with Crippen LogP contribution in [0.3, 0.4) is 0 Å². The summed E-state index contributed by atoms with van der Waals surface area (Å²) >= 11 is 0. The molecule has 1 rings (SSSR count). The highest BCUT2D eigenvalue weighted by Gasteiger charge is 2.48. The average Bonchev–Trinajstić information content (AvgIpc) is 2.56. The number of Topliss-reactive ketones (excluding diaryl/α,β-unsaturated/α-hetero) is 1. The Morgan fingerprint density at radius 1 is 1.71 bits per heavy atom. The number of ether oxygens (including phenoxy) is 1. The fourth-order valence-electron chi connectivity index (χ4n) is 2.36. The maximum absolute atomic E-state index is 11.7. The van der Waals surface area contributed by atoms with Crippen LogP contribution in [0, 0.1) is 27.9 Å². The molecule has 0 aromatic carbocycles. The zero-order chi connectivity index (χ0) is 13.0. The summed E-state index contributed by atoms with van der Waals surface area (Å²) in [6, 6.07) is 0. The number of ketones is 1. The van der Waals surface area contributed by atoms with E-state index in [2.05, 4.69) is 11.3 Å². The van der Waals surface area contributed by atoms with Crippen molar-refractivity contribution < 1.29 is 19.2 Å². The Labute approximate surface area is 98.8 Å². The highest BCUT2D eigenvalue weighted by Crippen LogP contribution is 2.37. The van der Waals surface area contributed by atoms with Gasteiger partial charge < -0.3 is 4.74 Å². The lowest BCUT2D eigenvalue weighted by Crippen LogP contribution is -2.29. The molecule has 0 heterocycles. The Bertz CT molecular complexity index is 352. The molecule has 1 aliphatic carbocycles. The monoisotopic (exact) mass is 241 g/mol. The van der Waals surface area contributed by atoms with Gasteiger partial charge in [-0.25, -0.2) is 0 Å². The highest BCUT2D eigenvalue weighted by molar-refractivity contribution is 5.90. The second-order valence-corrected chi connectivity index (χ2v) is 4.11.